The Morgan fingerprint density at radius 3 is 2.34 bits per heavy atom. The van der Waals surface area contributed by atoms with Crippen LogP contribution in [0, 0.1) is 0 Å². The minimum absolute atomic E-state index is 0.169. The maximum Gasteiger partial charge on any atom is 0.433 e. The van der Waals surface area contributed by atoms with Gasteiger partial charge in [-0.15, -0.1) is 0 Å². The van der Waals surface area contributed by atoms with Crippen LogP contribution < -0.4 is 0 Å². The number of hydrogen-bond acceptors (Lipinski definition) is 4. The van der Waals surface area contributed by atoms with E-state index in [-0.39, 0.29) is 31.5 Å². The second-order valence-corrected chi connectivity index (χ2v) is 7.70. The normalized spacial score (nSPS) is 26.4. The zero-order valence-electron chi connectivity index (χ0n) is 15.6. The summed E-state index contributed by atoms with van der Waals surface area (Å²) in [7, 11) is 0. The molecule has 1 amide bonds. The molecule has 3 heterocycles. The first-order valence-electron chi connectivity index (χ1n) is 9.51. The number of piperidine rings is 1. The van der Waals surface area contributed by atoms with E-state index in [9.17, 15) is 23.1 Å². The number of alkyl halides is 3. The summed E-state index contributed by atoms with van der Waals surface area (Å²) in [4.78, 5) is 17.8. The summed E-state index contributed by atoms with van der Waals surface area (Å²) in [5, 5.41) is 11.1. The maximum atomic E-state index is 12.7. The van der Waals surface area contributed by atoms with E-state index >= 15 is 0 Å². The van der Waals surface area contributed by atoms with E-state index in [2.05, 4.69) is 4.98 Å². The summed E-state index contributed by atoms with van der Waals surface area (Å²) in [6.07, 6.45) is -1.91. The van der Waals surface area contributed by atoms with Gasteiger partial charge < -0.3 is 14.7 Å². The summed E-state index contributed by atoms with van der Waals surface area (Å²) >= 11 is 0. The van der Waals surface area contributed by atoms with Gasteiger partial charge in [0, 0.05) is 36.7 Å². The van der Waals surface area contributed by atoms with Gasteiger partial charge >= 0.3 is 12.3 Å². The molecule has 2 aromatic rings. The standard InChI is InChI=1S/C21H21F3N2O3/c22-21(23,24)18-9-6-15(12-25-18)20(28)10-16-7-8-17(11-20)26(16)19(27)29-13-14-4-2-1-3-5-14/h1-6,9,12,16-17,28H,7-8,10-11,13H2. The van der Waals surface area contributed by atoms with E-state index in [0.717, 1.165) is 30.7 Å². The van der Waals surface area contributed by atoms with Gasteiger partial charge in [-0.25, -0.2) is 4.79 Å². The molecule has 1 aromatic carbocycles. The van der Waals surface area contributed by atoms with Gasteiger partial charge in [0.15, 0.2) is 0 Å². The zero-order valence-corrected chi connectivity index (χ0v) is 15.6. The highest BCUT2D eigenvalue weighted by atomic mass is 19.4. The van der Waals surface area contributed by atoms with Crippen molar-refractivity contribution in [1.29, 1.82) is 0 Å². The fourth-order valence-corrected chi connectivity index (χ4v) is 4.39. The van der Waals surface area contributed by atoms with Gasteiger partial charge in [-0.2, -0.15) is 13.2 Å². The molecule has 1 N–H and O–H groups in total. The number of amides is 1. The molecule has 0 aliphatic carbocycles. The Morgan fingerprint density at radius 1 is 1.14 bits per heavy atom. The van der Waals surface area contributed by atoms with E-state index < -0.39 is 23.6 Å². The number of aromatic nitrogens is 1. The van der Waals surface area contributed by atoms with Crippen molar-refractivity contribution in [2.45, 2.75) is 56.2 Å². The molecule has 2 atom stereocenters. The molecular weight excluding hydrogens is 385 g/mol. The molecule has 2 fully saturated rings. The zero-order chi connectivity index (χ0) is 20.6. The molecule has 4 rings (SSSR count). The Bertz CT molecular complexity index is 857. The highest BCUT2D eigenvalue weighted by Crippen LogP contribution is 2.46. The minimum Gasteiger partial charge on any atom is -0.445 e. The number of carbonyl (C=O) groups is 1. The molecule has 0 spiro atoms. The summed E-state index contributed by atoms with van der Waals surface area (Å²) < 4.78 is 43.7. The molecule has 8 heteroatoms. The van der Waals surface area contributed by atoms with Crippen LogP contribution in [-0.2, 0) is 23.1 Å². The topological polar surface area (TPSA) is 62.7 Å². The van der Waals surface area contributed by atoms with Gasteiger partial charge in [-0.3, -0.25) is 4.98 Å². The predicted octanol–water partition coefficient (Wildman–Crippen LogP) is 4.25. The summed E-state index contributed by atoms with van der Waals surface area (Å²) in [5.74, 6) is 0. The van der Waals surface area contributed by atoms with Crippen LogP contribution >= 0.6 is 0 Å². The van der Waals surface area contributed by atoms with Crippen LogP contribution in [-0.4, -0.2) is 33.2 Å². The predicted molar refractivity (Wildman–Crippen MR) is 97.6 cm³/mol. The lowest BCUT2D eigenvalue weighted by Crippen LogP contribution is -2.52. The molecule has 0 radical (unpaired) electrons. The molecule has 154 valence electrons. The Hall–Kier alpha value is -2.61. The fourth-order valence-electron chi connectivity index (χ4n) is 4.39. The number of ether oxygens (including phenoxy) is 1. The number of carbonyl (C=O) groups excluding carboxylic acids is 1. The van der Waals surface area contributed by atoms with Gasteiger partial charge in [0.25, 0.3) is 0 Å². The highest BCUT2D eigenvalue weighted by Gasteiger charge is 2.51. The SMILES string of the molecule is O=C(OCc1ccccc1)N1C2CCC1CC(O)(c1ccc(C(F)(F)F)nc1)C2. The summed E-state index contributed by atoms with van der Waals surface area (Å²) in [6.45, 7) is 0.169. The third kappa shape index (κ3) is 3.94. The third-order valence-corrected chi connectivity index (χ3v) is 5.77. The smallest absolute Gasteiger partial charge is 0.433 e. The highest BCUT2D eigenvalue weighted by molar-refractivity contribution is 5.69. The fraction of sp³-hybridized carbons (Fsp3) is 0.429. The maximum absolute atomic E-state index is 12.7. The lowest BCUT2D eigenvalue weighted by molar-refractivity contribution is -0.141. The van der Waals surface area contributed by atoms with E-state index in [4.69, 9.17) is 4.74 Å². The average Bonchev–Trinajstić information content (AvgIpc) is 2.98. The Kier molecular flexibility index (Phi) is 4.98. The first kappa shape index (κ1) is 19.7. The van der Waals surface area contributed by atoms with Crippen molar-refractivity contribution in [3.63, 3.8) is 0 Å². The van der Waals surface area contributed by atoms with E-state index in [0.29, 0.717) is 5.56 Å². The molecule has 29 heavy (non-hydrogen) atoms. The van der Waals surface area contributed by atoms with Gasteiger partial charge in [0.2, 0.25) is 0 Å². The number of hydrogen-bond donors (Lipinski definition) is 1. The molecule has 1 aromatic heterocycles. The van der Waals surface area contributed by atoms with Crippen LogP contribution in [0.2, 0.25) is 0 Å². The number of pyridine rings is 1. The molecule has 2 unspecified atom stereocenters. The number of benzene rings is 1. The average molecular weight is 406 g/mol. The molecule has 2 aliphatic rings. The Labute approximate surface area is 166 Å². The van der Waals surface area contributed by atoms with Crippen molar-refractivity contribution in [1.82, 2.24) is 9.88 Å². The van der Waals surface area contributed by atoms with E-state index in [1.54, 1.807) is 4.90 Å². The minimum atomic E-state index is -4.52. The molecular formula is C21H21F3N2O3. The van der Waals surface area contributed by atoms with Crippen LogP contribution in [0.25, 0.3) is 0 Å². The number of fused-ring (bicyclic) bond motifs is 2. The second-order valence-electron chi connectivity index (χ2n) is 7.70. The first-order valence-corrected chi connectivity index (χ1v) is 9.51. The Balaban J connectivity index is 1.45. The number of rotatable bonds is 3. The van der Waals surface area contributed by atoms with Gasteiger partial charge in [-0.05, 0) is 24.5 Å². The molecule has 2 aliphatic heterocycles. The molecule has 2 bridgehead atoms. The lowest BCUT2D eigenvalue weighted by Gasteiger charge is -2.43. The lowest BCUT2D eigenvalue weighted by atomic mass is 9.81. The number of aliphatic hydroxyl groups is 1. The van der Waals surface area contributed by atoms with Crippen molar-refractivity contribution in [2.24, 2.45) is 0 Å². The summed E-state index contributed by atoms with van der Waals surface area (Å²) in [5.41, 5.74) is -1.06. The monoisotopic (exact) mass is 406 g/mol. The van der Waals surface area contributed by atoms with E-state index in [1.807, 2.05) is 30.3 Å². The second kappa shape index (κ2) is 7.33. The van der Waals surface area contributed by atoms with Crippen molar-refractivity contribution in [3.8, 4) is 0 Å². The van der Waals surface area contributed by atoms with Gasteiger partial charge in [0.1, 0.15) is 12.3 Å². The van der Waals surface area contributed by atoms with Crippen molar-refractivity contribution >= 4 is 6.09 Å². The molecule has 5 nitrogen and oxygen atoms in total. The number of nitrogens with zero attached hydrogens (tertiary/aromatic N) is 2. The van der Waals surface area contributed by atoms with Crippen molar-refractivity contribution in [3.05, 3.63) is 65.5 Å². The largest absolute Gasteiger partial charge is 0.445 e. The molecule has 0 saturated carbocycles. The third-order valence-electron chi connectivity index (χ3n) is 5.77. The number of halogens is 3. The van der Waals surface area contributed by atoms with Crippen LogP contribution in [0.1, 0.15) is 42.5 Å². The van der Waals surface area contributed by atoms with Crippen LogP contribution in [0.15, 0.2) is 48.7 Å². The Morgan fingerprint density at radius 2 is 1.79 bits per heavy atom. The van der Waals surface area contributed by atoms with Crippen LogP contribution in [0.5, 0.6) is 0 Å². The summed E-state index contributed by atoms with van der Waals surface area (Å²) in [6, 6.07) is 11.1. The van der Waals surface area contributed by atoms with Gasteiger partial charge in [0.05, 0.1) is 5.60 Å². The van der Waals surface area contributed by atoms with Crippen molar-refractivity contribution < 1.29 is 27.8 Å². The van der Waals surface area contributed by atoms with Crippen LogP contribution in [0.3, 0.4) is 0 Å². The molecule has 2 saturated heterocycles. The van der Waals surface area contributed by atoms with E-state index in [1.165, 1.54) is 6.07 Å². The first-order chi connectivity index (χ1) is 13.8. The van der Waals surface area contributed by atoms with Crippen LogP contribution in [0.4, 0.5) is 18.0 Å². The van der Waals surface area contributed by atoms with Gasteiger partial charge in [-0.1, -0.05) is 36.4 Å². The quantitative estimate of drug-likeness (QED) is 0.828. The van der Waals surface area contributed by atoms with Crippen molar-refractivity contribution in [2.75, 3.05) is 0 Å².